The normalized spacial score (nSPS) is 18.2. The van der Waals surface area contributed by atoms with E-state index in [4.69, 9.17) is 5.73 Å². The number of likely N-dealkylation sites (tertiary alicyclic amines) is 1. The molecule has 2 N–H and O–H groups in total. The van der Waals surface area contributed by atoms with Crippen molar-refractivity contribution in [1.82, 2.24) is 9.88 Å². The molecule has 2 rings (SSSR count). The van der Waals surface area contributed by atoms with E-state index >= 15 is 0 Å². The molecule has 1 atom stereocenters. The Morgan fingerprint density at radius 3 is 2.76 bits per heavy atom. The number of nitrogens with zero attached hydrogens (tertiary/aromatic N) is 2. The van der Waals surface area contributed by atoms with Crippen LogP contribution in [0, 0.1) is 6.92 Å². The van der Waals surface area contributed by atoms with Gasteiger partial charge in [0.1, 0.15) is 0 Å². The first-order chi connectivity index (χ1) is 7.18. The van der Waals surface area contributed by atoms with Crippen molar-refractivity contribution in [2.45, 2.75) is 19.4 Å². The Morgan fingerprint density at radius 1 is 1.53 bits per heavy atom. The third kappa shape index (κ3) is 3.56. The number of pyridine rings is 1. The van der Waals surface area contributed by atoms with Crippen molar-refractivity contribution < 1.29 is 4.79 Å². The molecule has 17 heavy (non-hydrogen) atoms. The number of amides is 1. The van der Waals surface area contributed by atoms with E-state index in [-0.39, 0.29) is 36.8 Å². The molecule has 4 nitrogen and oxygen atoms in total. The van der Waals surface area contributed by atoms with Gasteiger partial charge in [-0.15, -0.1) is 24.8 Å². The number of nitrogens with two attached hydrogens (primary N) is 1. The van der Waals surface area contributed by atoms with Gasteiger partial charge in [-0.2, -0.15) is 0 Å². The minimum Gasteiger partial charge on any atom is -0.337 e. The smallest absolute Gasteiger partial charge is 0.255 e. The predicted octanol–water partition coefficient (Wildman–Crippen LogP) is 1.41. The van der Waals surface area contributed by atoms with E-state index < -0.39 is 0 Å². The van der Waals surface area contributed by atoms with E-state index in [2.05, 4.69) is 4.98 Å². The molecule has 1 fully saturated rings. The van der Waals surface area contributed by atoms with E-state index in [9.17, 15) is 4.79 Å². The summed E-state index contributed by atoms with van der Waals surface area (Å²) in [6.45, 7) is 3.27. The van der Waals surface area contributed by atoms with E-state index in [1.54, 1.807) is 17.2 Å². The molecule has 6 heteroatoms. The number of halogens is 2. The Balaban J connectivity index is 0.00000128. The van der Waals surface area contributed by atoms with Gasteiger partial charge in [0.15, 0.2) is 0 Å². The lowest BCUT2D eigenvalue weighted by Gasteiger charge is -2.16. The third-order valence-electron chi connectivity index (χ3n) is 2.75. The van der Waals surface area contributed by atoms with Crippen LogP contribution in [0.3, 0.4) is 0 Å². The second kappa shape index (κ2) is 6.79. The summed E-state index contributed by atoms with van der Waals surface area (Å²) < 4.78 is 0. The number of hydrogen-bond acceptors (Lipinski definition) is 3. The Kier molecular flexibility index (Phi) is 6.45. The second-order valence-corrected chi connectivity index (χ2v) is 3.94. The lowest BCUT2D eigenvalue weighted by molar-refractivity contribution is 0.0789. The first-order valence-electron chi connectivity index (χ1n) is 5.15. The van der Waals surface area contributed by atoms with Crippen molar-refractivity contribution in [2.75, 3.05) is 13.1 Å². The Hall–Kier alpha value is -0.840. The van der Waals surface area contributed by atoms with E-state index in [1.165, 1.54) is 0 Å². The largest absolute Gasteiger partial charge is 0.337 e. The molecular weight excluding hydrogens is 261 g/mol. The number of carbonyl (C=O) groups excluding carboxylic acids is 1. The van der Waals surface area contributed by atoms with Gasteiger partial charge in [0.05, 0.1) is 5.56 Å². The zero-order valence-corrected chi connectivity index (χ0v) is 11.3. The Bertz CT molecular complexity index is 387. The van der Waals surface area contributed by atoms with Crippen LogP contribution in [0.25, 0.3) is 0 Å². The molecule has 1 unspecified atom stereocenters. The lowest BCUT2D eigenvalue weighted by Crippen LogP contribution is -2.32. The summed E-state index contributed by atoms with van der Waals surface area (Å²) in [6.07, 6.45) is 2.59. The fraction of sp³-hybridized carbons (Fsp3) is 0.455. The second-order valence-electron chi connectivity index (χ2n) is 3.94. The zero-order chi connectivity index (χ0) is 10.8. The van der Waals surface area contributed by atoms with Crippen molar-refractivity contribution in [2.24, 2.45) is 5.73 Å². The number of hydrogen-bond donors (Lipinski definition) is 1. The standard InChI is InChI=1S/C11H15N3O.2ClH/c1-8-10(3-2-5-13-8)11(15)14-6-4-9(12)7-14;;/h2-3,5,9H,4,6-7,12H2,1H3;2*1H. The van der Waals surface area contributed by atoms with Crippen LogP contribution in [0.1, 0.15) is 22.5 Å². The van der Waals surface area contributed by atoms with Crippen molar-refractivity contribution in [3.8, 4) is 0 Å². The van der Waals surface area contributed by atoms with Crippen LogP contribution >= 0.6 is 24.8 Å². The van der Waals surface area contributed by atoms with Gasteiger partial charge in [0, 0.05) is 31.0 Å². The summed E-state index contributed by atoms with van der Waals surface area (Å²) in [6, 6.07) is 3.73. The number of aromatic nitrogens is 1. The van der Waals surface area contributed by atoms with Gasteiger partial charge in [0.25, 0.3) is 5.91 Å². The average Bonchev–Trinajstić information content (AvgIpc) is 2.65. The van der Waals surface area contributed by atoms with Gasteiger partial charge in [0.2, 0.25) is 0 Å². The van der Waals surface area contributed by atoms with Crippen LogP contribution in [0.15, 0.2) is 18.3 Å². The minimum atomic E-state index is 0. The molecule has 0 spiro atoms. The maximum Gasteiger partial charge on any atom is 0.255 e. The Morgan fingerprint density at radius 2 is 2.24 bits per heavy atom. The quantitative estimate of drug-likeness (QED) is 0.845. The van der Waals surface area contributed by atoms with Gasteiger partial charge in [-0.25, -0.2) is 0 Å². The highest BCUT2D eigenvalue weighted by Crippen LogP contribution is 2.13. The fourth-order valence-corrected chi connectivity index (χ4v) is 1.85. The van der Waals surface area contributed by atoms with E-state index in [1.807, 2.05) is 13.0 Å². The summed E-state index contributed by atoms with van der Waals surface area (Å²) in [5.41, 5.74) is 7.24. The van der Waals surface area contributed by atoms with Crippen LogP contribution in [-0.4, -0.2) is 34.9 Å². The average molecular weight is 278 g/mol. The molecule has 2 heterocycles. The first kappa shape index (κ1) is 16.2. The molecule has 0 bridgehead atoms. The molecule has 96 valence electrons. The highest BCUT2D eigenvalue weighted by molar-refractivity contribution is 5.95. The highest BCUT2D eigenvalue weighted by Gasteiger charge is 2.25. The highest BCUT2D eigenvalue weighted by atomic mass is 35.5. The predicted molar refractivity (Wildman–Crippen MR) is 72.0 cm³/mol. The number of aryl methyl sites for hydroxylation is 1. The van der Waals surface area contributed by atoms with Gasteiger partial charge in [-0.3, -0.25) is 9.78 Å². The molecule has 1 aromatic heterocycles. The number of rotatable bonds is 1. The summed E-state index contributed by atoms with van der Waals surface area (Å²) in [4.78, 5) is 18.0. The molecule has 1 amide bonds. The topological polar surface area (TPSA) is 59.2 Å². The SMILES string of the molecule is Cc1ncccc1C(=O)N1CCC(N)C1.Cl.Cl. The maximum atomic E-state index is 12.0. The van der Waals surface area contributed by atoms with Crippen molar-refractivity contribution in [1.29, 1.82) is 0 Å². The van der Waals surface area contributed by atoms with Gasteiger partial charge < -0.3 is 10.6 Å². The van der Waals surface area contributed by atoms with Crippen LogP contribution in [0.2, 0.25) is 0 Å². The summed E-state index contributed by atoms with van der Waals surface area (Å²) in [7, 11) is 0. The van der Waals surface area contributed by atoms with Gasteiger partial charge in [-0.05, 0) is 25.5 Å². The molecule has 0 saturated carbocycles. The molecule has 0 aromatic carbocycles. The summed E-state index contributed by atoms with van der Waals surface area (Å²) >= 11 is 0. The van der Waals surface area contributed by atoms with Crippen molar-refractivity contribution >= 4 is 30.7 Å². The minimum absolute atomic E-state index is 0. The summed E-state index contributed by atoms with van der Waals surface area (Å²) in [5.74, 6) is 0.0496. The van der Waals surface area contributed by atoms with Crippen molar-refractivity contribution in [3.63, 3.8) is 0 Å². The van der Waals surface area contributed by atoms with E-state index in [0.29, 0.717) is 12.1 Å². The zero-order valence-electron chi connectivity index (χ0n) is 9.63. The van der Waals surface area contributed by atoms with Crippen LogP contribution < -0.4 is 5.73 Å². The monoisotopic (exact) mass is 277 g/mol. The van der Waals surface area contributed by atoms with E-state index in [0.717, 1.165) is 18.7 Å². The summed E-state index contributed by atoms with van der Waals surface area (Å²) in [5, 5.41) is 0. The first-order valence-corrected chi connectivity index (χ1v) is 5.15. The van der Waals surface area contributed by atoms with Crippen LogP contribution in [0.4, 0.5) is 0 Å². The fourth-order valence-electron chi connectivity index (χ4n) is 1.85. The molecule has 1 aliphatic heterocycles. The third-order valence-corrected chi connectivity index (χ3v) is 2.75. The molecule has 0 aliphatic carbocycles. The molecule has 0 radical (unpaired) electrons. The molecular formula is C11H17Cl2N3O. The van der Waals surface area contributed by atoms with Gasteiger partial charge in [-0.1, -0.05) is 0 Å². The van der Waals surface area contributed by atoms with Crippen LogP contribution in [-0.2, 0) is 0 Å². The van der Waals surface area contributed by atoms with Crippen LogP contribution in [0.5, 0.6) is 0 Å². The lowest BCUT2D eigenvalue weighted by atomic mass is 10.2. The maximum absolute atomic E-state index is 12.0. The molecule has 1 saturated heterocycles. The van der Waals surface area contributed by atoms with Gasteiger partial charge >= 0.3 is 0 Å². The number of carbonyl (C=O) groups is 1. The van der Waals surface area contributed by atoms with Crippen molar-refractivity contribution in [3.05, 3.63) is 29.6 Å². The molecule has 1 aromatic rings. The molecule has 1 aliphatic rings. The Labute approximate surface area is 113 Å².